The molecule has 7 aromatic rings. The molecule has 72 heavy (non-hydrogen) atoms. The van der Waals surface area contributed by atoms with Crippen LogP contribution in [-0.4, -0.2) is 72.8 Å². The molecule has 10 heteroatoms. The molecule has 12 rings (SSSR count). The summed E-state index contributed by atoms with van der Waals surface area (Å²) in [5, 5.41) is 1.95. The topological polar surface area (TPSA) is 113 Å². The summed E-state index contributed by atoms with van der Waals surface area (Å²) in [5.41, 5.74) is 21.7. The third kappa shape index (κ3) is 9.18. The van der Waals surface area contributed by atoms with E-state index in [0.717, 1.165) is 138 Å². The van der Waals surface area contributed by atoms with Crippen LogP contribution in [0.4, 0.5) is 0 Å². The van der Waals surface area contributed by atoms with Crippen LogP contribution in [0.2, 0.25) is 0 Å². The van der Waals surface area contributed by atoms with E-state index in [2.05, 4.69) is 126 Å². The van der Waals surface area contributed by atoms with Gasteiger partial charge >= 0.3 is 0 Å². The van der Waals surface area contributed by atoms with E-state index in [1.54, 1.807) is 0 Å². The number of aryl methyl sites for hydroxylation is 4. The summed E-state index contributed by atoms with van der Waals surface area (Å²) in [4.78, 5) is 19.3. The summed E-state index contributed by atoms with van der Waals surface area (Å²) in [5.74, 6) is 3.08. The molecule has 0 saturated carbocycles. The second-order valence-electron chi connectivity index (χ2n) is 18.6. The average molecular weight is 963 g/mol. The Kier molecular flexibility index (Phi) is 14.3. The number of para-hydroxylation sites is 1. The Bertz CT molecular complexity index is 3290. The number of fused-ring (bicyclic) bond motifs is 1. The first-order valence-electron chi connectivity index (χ1n) is 25.8. The van der Waals surface area contributed by atoms with Crippen LogP contribution in [0.3, 0.4) is 0 Å². The molecule has 5 aliphatic heterocycles. The third-order valence-electron chi connectivity index (χ3n) is 14.6. The molecule has 0 unspecified atom stereocenters. The first kappa shape index (κ1) is 48.5. The first-order chi connectivity index (χ1) is 35.2. The van der Waals surface area contributed by atoms with Gasteiger partial charge in [-0.25, -0.2) is 9.97 Å². The van der Waals surface area contributed by atoms with Crippen LogP contribution in [-0.2, 0) is 22.3 Å². The number of aromatic amines is 2. The van der Waals surface area contributed by atoms with Crippen molar-refractivity contribution in [2.45, 2.75) is 81.1 Å². The average Bonchev–Trinajstić information content (AvgIpc) is 4.09. The summed E-state index contributed by atoms with van der Waals surface area (Å²) >= 11 is 0. The van der Waals surface area contributed by atoms with Crippen molar-refractivity contribution in [3.63, 3.8) is 0 Å². The maximum Gasteiger partial charge on any atom is 0.127 e. The summed E-state index contributed by atoms with van der Waals surface area (Å²) in [6.07, 6.45) is 3.33. The largest absolute Gasteiger partial charge is 0.491 e. The number of nitrogens with one attached hydrogen (secondary N) is 2. The van der Waals surface area contributed by atoms with Gasteiger partial charge in [0.05, 0.1) is 60.2 Å². The summed E-state index contributed by atoms with van der Waals surface area (Å²) in [6, 6.07) is 33.4. The summed E-state index contributed by atoms with van der Waals surface area (Å²) in [6.45, 7) is 21.0. The van der Waals surface area contributed by atoms with Crippen LogP contribution >= 0.6 is 0 Å². The van der Waals surface area contributed by atoms with Crippen LogP contribution < -0.4 is 18.9 Å². The van der Waals surface area contributed by atoms with Crippen molar-refractivity contribution in [2.75, 3.05) is 52.9 Å². The molecular formula is C62H66N4O6. The molecule has 2 N–H and O–H groups in total. The van der Waals surface area contributed by atoms with Crippen molar-refractivity contribution < 1.29 is 28.4 Å². The number of hydrogen-bond acceptors (Lipinski definition) is 8. The Labute approximate surface area is 423 Å². The van der Waals surface area contributed by atoms with Crippen molar-refractivity contribution in [3.8, 4) is 45.3 Å². The number of H-pyrrole nitrogens is 2. The lowest BCUT2D eigenvalue weighted by molar-refractivity contribution is 0.0765. The zero-order valence-corrected chi connectivity index (χ0v) is 43.1. The number of rotatable bonds is 4. The molecule has 8 heterocycles. The quantitative estimate of drug-likeness (QED) is 0.179. The highest BCUT2D eigenvalue weighted by Gasteiger charge is 2.28. The number of allylic oxidation sites excluding steroid dienone is 4. The second kappa shape index (κ2) is 21.3. The van der Waals surface area contributed by atoms with Crippen LogP contribution in [0.15, 0.2) is 97.1 Å². The molecule has 0 fully saturated rings. The van der Waals surface area contributed by atoms with Gasteiger partial charge in [0.1, 0.15) is 49.4 Å². The minimum Gasteiger partial charge on any atom is -0.491 e. The molecule has 0 spiro atoms. The molecule has 4 aromatic carbocycles. The smallest absolute Gasteiger partial charge is 0.127 e. The molecule has 0 saturated heterocycles. The fraction of sp³-hybridized carbons (Fsp3) is 0.323. The van der Waals surface area contributed by atoms with Crippen LogP contribution in [0, 0.1) is 13.8 Å². The summed E-state index contributed by atoms with van der Waals surface area (Å²) in [7, 11) is 0. The Hall–Kier alpha value is -7.14. The number of ether oxygens (including phenoxy) is 6. The second-order valence-corrected chi connectivity index (χ2v) is 18.6. The van der Waals surface area contributed by atoms with E-state index >= 15 is 0 Å². The molecule has 16 bridgehead atoms. The summed E-state index contributed by atoms with van der Waals surface area (Å²) < 4.78 is 37.6. The Morgan fingerprint density at radius 3 is 1.40 bits per heavy atom. The van der Waals surface area contributed by atoms with E-state index in [1.165, 1.54) is 33.4 Å². The fourth-order valence-electron chi connectivity index (χ4n) is 10.9. The van der Waals surface area contributed by atoms with Gasteiger partial charge in [-0.2, -0.15) is 0 Å². The lowest BCUT2D eigenvalue weighted by Crippen LogP contribution is -2.13. The molecule has 10 nitrogen and oxygen atoms in total. The number of hydrogen-bond donors (Lipinski definition) is 2. The molecule has 0 amide bonds. The Morgan fingerprint density at radius 2 is 0.917 bits per heavy atom. The van der Waals surface area contributed by atoms with E-state index in [0.29, 0.717) is 52.9 Å². The van der Waals surface area contributed by atoms with E-state index in [9.17, 15) is 0 Å². The number of benzene rings is 4. The van der Waals surface area contributed by atoms with Gasteiger partial charge in [-0.3, -0.25) is 0 Å². The number of aromatic nitrogens is 4. The standard InChI is InChI=1S/C62H66N4O6/c1-9-43-37(5)59-57-41-23-25-42(26-24-41)69-31-27-67-28-32-70-54-21-15-19-48-47(54)18-16-22-55(48)71-33-29-68-30-34-72-56-20-14-13-17-49(56)58(61-39(7)45(11-3)52(65-61)35-50(43)63-59)62-40(8)46(12-4)53(66-62)36-51-44(10-2)38(6)60(57)64-51/h13-26,35-36,63-64H,9-12,27-34H2,1-8H3. The van der Waals surface area contributed by atoms with Gasteiger partial charge < -0.3 is 38.4 Å². The number of nitrogens with zero attached hydrogens (tertiary/aromatic N) is 2. The maximum absolute atomic E-state index is 6.68. The molecule has 370 valence electrons. The highest BCUT2D eigenvalue weighted by atomic mass is 16.6. The van der Waals surface area contributed by atoms with Crippen LogP contribution in [0.1, 0.15) is 99.4 Å². The Balaban J connectivity index is 1.17. The molecule has 0 radical (unpaired) electrons. The third-order valence-corrected chi connectivity index (χ3v) is 14.6. The predicted molar refractivity (Wildman–Crippen MR) is 293 cm³/mol. The van der Waals surface area contributed by atoms with Crippen LogP contribution in [0.5, 0.6) is 23.0 Å². The first-order valence-corrected chi connectivity index (χ1v) is 25.8. The van der Waals surface area contributed by atoms with Gasteiger partial charge in [0.2, 0.25) is 0 Å². The van der Waals surface area contributed by atoms with Gasteiger partial charge in [0, 0.05) is 38.5 Å². The zero-order valence-electron chi connectivity index (χ0n) is 43.1. The lowest BCUT2D eigenvalue weighted by Gasteiger charge is -2.15. The maximum atomic E-state index is 6.68. The van der Waals surface area contributed by atoms with E-state index in [4.69, 9.17) is 38.4 Å². The lowest BCUT2D eigenvalue weighted by atomic mass is 9.93. The van der Waals surface area contributed by atoms with Gasteiger partial charge in [-0.15, -0.1) is 0 Å². The molecule has 0 atom stereocenters. The molecular weight excluding hydrogens is 897 g/mol. The fourth-order valence-corrected chi connectivity index (χ4v) is 10.9. The van der Waals surface area contributed by atoms with Crippen molar-refractivity contribution in [1.82, 2.24) is 19.9 Å². The van der Waals surface area contributed by atoms with Gasteiger partial charge in [0.25, 0.3) is 0 Å². The van der Waals surface area contributed by atoms with Crippen molar-refractivity contribution in [2.24, 2.45) is 0 Å². The van der Waals surface area contributed by atoms with E-state index in [-0.39, 0.29) is 0 Å². The van der Waals surface area contributed by atoms with Crippen LogP contribution in [0.25, 0.3) is 77.4 Å². The van der Waals surface area contributed by atoms with Gasteiger partial charge in [-0.1, -0.05) is 82.3 Å². The SMILES string of the molecule is CCC1=C(C)c2nc1cc1[nH]c(c(C)c1CC)c1c3[nH]c(cc4nc(c2-c2ccccc2OCCOCCOc2cccc5c(cccc25)OCCOCCOc2ccc-1cc2)C(C)=C4CC)c(CC)c3C. The van der Waals surface area contributed by atoms with Gasteiger partial charge in [0.15, 0.2) is 0 Å². The molecule has 3 aromatic heterocycles. The van der Waals surface area contributed by atoms with Crippen molar-refractivity contribution >= 4 is 55.1 Å². The van der Waals surface area contributed by atoms with Crippen molar-refractivity contribution in [3.05, 3.63) is 142 Å². The van der Waals surface area contributed by atoms with E-state index in [1.807, 2.05) is 36.4 Å². The normalized spacial score (nSPS) is 14.9. The zero-order chi connectivity index (χ0) is 49.9. The van der Waals surface area contributed by atoms with Crippen molar-refractivity contribution in [1.29, 1.82) is 0 Å². The minimum absolute atomic E-state index is 0.348. The highest BCUT2D eigenvalue weighted by Crippen LogP contribution is 2.46. The molecule has 0 aliphatic carbocycles. The Morgan fingerprint density at radius 1 is 0.458 bits per heavy atom. The minimum atomic E-state index is 0.348. The highest BCUT2D eigenvalue weighted by molar-refractivity contribution is 6.04. The van der Waals surface area contributed by atoms with E-state index < -0.39 is 0 Å². The van der Waals surface area contributed by atoms with Gasteiger partial charge in [-0.05, 0) is 146 Å². The monoisotopic (exact) mass is 962 g/mol. The molecule has 5 aliphatic rings. The predicted octanol–water partition coefficient (Wildman–Crippen LogP) is 14.5.